The number of nitrogens with two attached hydrogens (primary N) is 1. The number of rotatable bonds is 4. The molecular weight excluding hydrogens is 290 g/mol. The van der Waals surface area contributed by atoms with Crippen LogP contribution in [0.1, 0.15) is 25.3 Å². The number of tetrazole rings is 1. The zero-order valence-electron chi connectivity index (χ0n) is 13.4. The second-order valence-corrected chi connectivity index (χ2v) is 5.62. The molecule has 23 heavy (non-hydrogen) atoms. The van der Waals surface area contributed by atoms with E-state index in [9.17, 15) is 0 Å². The number of anilines is 1. The minimum atomic E-state index is 0.485. The molecule has 0 bridgehead atoms. The first kappa shape index (κ1) is 15.0. The van der Waals surface area contributed by atoms with Crippen molar-refractivity contribution in [3.8, 4) is 22.8 Å². The minimum absolute atomic E-state index is 0.485. The van der Waals surface area contributed by atoms with E-state index in [0.29, 0.717) is 23.2 Å². The van der Waals surface area contributed by atoms with E-state index >= 15 is 0 Å². The van der Waals surface area contributed by atoms with Crippen LogP contribution in [0.5, 0.6) is 5.75 Å². The fraction of sp³-hybridized carbons (Fsp3) is 0.235. The SMILES string of the molecule is COc1ccc(-c2nnnn2-c2ccc(C(C)C)cc2)cc1N. The van der Waals surface area contributed by atoms with Gasteiger partial charge in [0.05, 0.1) is 18.5 Å². The maximum absolute atomic E-state index is 5.98. The molecular formula is C17H19N5O. The Morgan fingerprint density at radius 3 is 2.43 bits per heavy atom. The van der Waals surface area contributed by atoms with Crippen molar-refractivity contribution in [2.75, 3.05) is 12.8 Å². The molecule has 0 aliphatic heterocycles. The number of nitrogen functional groups attached to an aromatic ring is 1. The van der Waals surface area contributed by atoms with Crippen molar-refractivity contribution in [3.05, 3.63) is 48.0 Å². The molecule has 0 aliphatic carbocycles. The Morgan fingerprint density at radius 2 is 1.83 bits per heavy atom. The van der Waals surface area contributed by atoms with Crippen molar-refractivity contribution in [2.24, 2.45) is 0 Å². The summed E-state index contributed by atoms with van der Waals surface area (Å²) < 4.78 is 6.88. The zero-order chi connectivity index (χ0) is 16.4. The van der Waals surface area contributed by atoms with Gasteiger partial charge in [-0.2, -0.15) is 4.68 Å². The Bertz CT molecular complexity index is 808. The van der Waals surface area contributed by atoms with E-state index in [1.165, 1.54) is 5.56 Å². The third kappa shape index (κ3) is 2.88. The van der Waals surface area contributed by atoms with Gasteiger partial charge in [-0.1, -0.05) is 26.0 Å². The largest absolute Gasteiger partial charge is 0.495 e. The van der Waals surface area contributed by atoms with Gasteiger partial charge in [0.15, 0.2) is 5.82 Å². The van der Waals surface area contributed by atoms with E-state index < -0.39 is 0 Å². The van der Waals surface area contributed by atoms with Gasteiger partial charge in [-0.15, -0.1) is 5.10 Å². The van der Waals surface area contributed by atoms with Crippen LogP contribution in [0.25, 0.3) is 17.1 Å². The predicted molar refractivity (Wildman–Crippen MR) is 89.6 cm³/mol. The summed E-state index contributed by atoms with van der Waals surface area (Å²) in [5.74, 6) is 1.75. The Labute approximate surface area is 134 Å². The number of hydrogen-bond donors (Lipinski definition) is 1. The lowest BCUT2D eigenvalue weighted by atomic mass is 10.0. The van der Waals surface area contributed by atoms with E-state index in [1.807, 2.05) is 30.3 Å². The average Bonchev–Trinajstić information content (AvgIpc) is 3.04. The van der Waals surface area contributed by atoms with Crippen molar-refractivity contribution >= 4 is 5.69 Å². The third-order valence-corrected chi connectivity index (χ3v) is 3.76. The molecule has 0 spiro atoms. The lowest BCUT2D eigenvalue weighted by molar-refractivity contribution is 0.417. The highest BCUT2D eigenvalue weighted by Crippen LogP contribution is 2.28. The van der Waals surface area contributed by atoms with Gasteiger partial charge in [0.25, 0.3) is 0 Å². The molecule has 2 aromatic carbocycles. The van der Waals surface area contributed by atoms with Crippen LogP contribution in [-0.4, -0.2) is 27.3 Å². The van der Waals surface area contributed by atoms with Crippen molar-refractivity contribution in [1.82, 2.24) is 20.2 Å². The minimum Gasteiger partial charge on any atom is -0.495 e. The molecule has 3 aromatic rings. The lowest BCUT2D eigenvalue weighted by Crippen LogP contribution is -2.01. The molecule has 6 nitrogen and oxygen atoms in total. The van der Waals surface area contributed by atoms with Crippen LogP contribution < -0.4 is 10.5 Å². The third-order valence-electron chi connectivity index (χ3n) is 3.76. The average molecular weight is 309 g/mol. The van der Waals surface area contributed by atoms with E-state index in [-0.39, 0.29) is 0 Å². The number of hydrogen-bond acceptors (Lipinski definition) is 5. The highest BCUT2D eigenvalue weighted by Gasteiger charge is 2.12. The first-order chi connectivity index (χ1) is 11.1. The molecule has 0 amide bonds. The van der Waals surface area contributed by atoms with Gasteiger partial charge < -0.3 is 10.5 Å². The molecule has 1 heterocycles. The van der Waals surface area contributed by atoms with Gasteiger partial charge in [0.2, 0.25) is 0 Å². The van der Waals surface area contributed by atoms with E-state index in [0.717, 1.165) is 11.3 Å². The molecule has 6 heteroatoms. The summed E-state index contributed by atoms with van der Waals surface area (Å²) in [6.45, 7) is 4.33. The second kappa shape index (κ2) is 6.08. The summed E-state index contributed by atoms with van der Waals surface area (Å²) in [5.41, 5.74) is 9.54. The van der Waals surface area contributed by atoms with Crippen LogP contribution in [0.4, 0.5) is 5.69 Å². The summed E-state index contributed by atoms with van der Waals surface area (Å²) in [5, 5.41) is 12.0. The summed E-state index contributed by atoms with van der Waals surface area (Å²) in [6.07, 6.45) is 0. The zero-order valence-corrected chi connectivity index (χ0v) is 13.4. The molecule has 3 rings (SSSR count). The van der Waals surface area contributed by atoms with Gasteiger partial charge in [0, 0.05) is 5.56 Å². The van der Waals surface area contributed by atoms with Gasteiger partial charge in [-0.25, -0.2) is 0 Å². The molecule has 0 unspecified atom stereocenters. The molecule has 0 fully saturated rings. The second-order valence-electron chi connectivity index (χ2n) is 5.62. The van der Waals surface area contributed by atoms with E-state index in [4.69, 9.17) is 10.5 Å². The smallest absolute Gasteiger partial charge is 0.187 e. The maximum atomic E-state index is 5.98. The number of nitrogens with zero attached hydrogens (tertiary/aromatic N) is 4. The quantitative estimate of drug-likeness (QED) is 0.749. The van der Waals surface area contributed by atoms with Gasteiger partial charge in [-0.3, -0.25) is 0 Å². The molecule has 0 saturated heterocycles. The summed E-state index contributed by atoms with van der Waals surface area (Å²) in [4.78, 5) is 0. The van der Waals surface area contributed by atoms with Crippen LogP contribution in [0.2, 0.25) is 0 Å². The standard InChI is InChI=1S/C17H19N5O/c1-11(2)12-4-7-14(8-5-12)22-17(19-20-21-22)13-6-9-16(23-3)15(18)10-13/h4-11H,18H2,1-3H3. The Kier molecular flexibility index (Phi) is 3.97. The lowest BCUT2D eigenvalue weighted by Gasteiger charge is -2.09. The normalized spacial score (nSPS) is 11.0. The van der Waals surface area contributed by atoms with Crippen LogP contribution in [-0.2, 0) is 0 Å². The first-order valence-electron chi connectivity index (χ1n) is 7.42. The summed E-state index contributed by atoms with van der Waals surface area (Å²) in [7, 11) is 1.59. The number of methoxy groups -OCH3 is 1. The van der Waals surface area contributed by atoms with Crippen molar-refractivity contribution in [2.45, 2.75) is 19.8 Å². The topological polar surface area (TPSA) is 78.9 Å². The molecule has 2 N–H and O–H groups in total. The van der Waals surface area contributed by atoms with Gasteiger partial charge in [0.1, 0.15) is 5.75 Å². The Morgan fingerprint density at radius 1 is 1.09 bits per heavy atom. The molecule has 0 radical (unpaired) electrons. The number of benzene rings is 2. The maximum Gasteiger partial charge on any atom is 0.187 e. The summed E-state index contributed by atoms with van der Waals surface area (Å²) >= 11 is 0. The van der Waals surface area contributed by atoms with Crippen LogP contribution >= 0.6 is 0 Å². The van der Waals surface area contributed by atoms with Crippen molar-refractivity contribution in [1.29, 1.82) is 0 Å². The first-order valence-corrected chi connectivity index (χ1v) is 7.42. The molecule has 118 valence electrons. The summed E-state index contributed by atoms with van der Waals surface area (Å²) in [6, 6.07) is 13.7. The van der Waals surface area contributed by atoms with Gasteiger partial charge in [-0.05, 0) is 52.2 Å². The van der Waals surface area contributed by atoms with Crippen LogP contribution in [0, 0.1) is 0 Å². The van der Waals surface area contributed by atoms with Crippen molar-refractivity contribution in [3.63, 3.8) is 0 Å². The fourth-order valence-electron chi connectivity index (χ4n) is 2.41. The van der Waals surface area contributed by atoms with Crippen LogP contribution in [0.15, 0.2) is 42.5 Å². The number of ether oxygens (including phenoxy) is 1. The highest BCUT2D eigenvalue weighted by atomic mass is 16.5. The van der Waals surface area contributed by atoms with Gasteiger partial charge >= 0.3 is 0 Å². The number of aromatic nitrogens is 4. The van der Waals surface area contributed by atoms with E-state index in [2.05, 4.69) is 41.5 Å². The van der Waals surface area contributed by atoms with Crippen LogP contribution in [0.3, 0.4) is 0 Å². The molecule has 0 aliphatic rings. The monoisotopic (exact) mass is 309 g/mol. The Hall–Kier alpha value is -2.89. The molecule has 1 aromatic heterocycles. The highest BCUT2D eigenvalue weighted by molar-refractivity contribution is 5.67. The van der Waals surface area contributed by atoms with E-state index in [1.54, 1.807) is 11.8 Å². The van der Waals surface area contributed by atoms with Crippen molar-refractivity contribution < 1.29 is 4.74 Å². The Balaban J connectivity index is 2.01. The molecule has 0 atom stereocenters. The molecule has 0 saturated carbocycles. The fourth-order valence-corrected chi connectivity index (χ4v) is 2.41. The predicted octanol–water partition coefficient (Wildman–Crippen LogP) is 3.04.